The SMILES string of the molecule is O=C(Nc1c(I)cccc1-c1ccccc1)c1ccccc1. The van der Waals surface area contributed by atoms with Crippen LogP contribution in [-0.4, -0.2) is 5.91 Å². The van der Waals surface area contributed by atoms with Gasteiger partial charge in [-0.1, -0.05) is 60.7 Å². The van der Waals surface area contributed by atoms with Crippen LogP contribution in [0.15, 0.2) is 78.9 Å². The van der Waals surface area contributed by atoms with Crippen molar-refractivity contribution in [2.45, 2.75) is 0 Å². The Labute approximate surface area is 143 Å². The summed E-state index contributed by atoms with van der Waals surface area (Å²) < 4.78 is 1.02. The zero-order valence-corrected chi connectivity index (χ0v) is 13.9. The van der Waals surface area contributed by atoms with E-state index in [1.807, 2.05) is 78.9 Å². The van der Waals surface area contributed by atoms with Gasteiger partial charge in [0.25, 0.3) is 5.91 Å². The maximum atomic E-state index is 12.4. The Morgan fingerprint density at radius 1 is 0.773 bits per heavy atom. The standard InChI is InChI=1S/C19H14INO/c20-17-13-7-12-16(14-8-3-1-4-9-14)18(17)21-19(22)15-10-5-2-6-11-15/h1-13H,(H,21,22). The first-order valence-electron chi connectivity index (χ1n) is 6.96. The molecule has 0 atom stereocenters. The summed E-state index contributed by atoms with van der Waals surface area (Å²) in [4.78, 5) is 12.4. The molecule has 0 aliphatic carbocycles. The number of hydrogen-bond acceptors (Lipinski definition) is 1. The number of para-hydroxylation sites is 1. The molecule has 108 valence electrons. The third-order valence-corrected chi connectivity index (χ3v) is 4.27. The summed E-state index contributed by atoms with van der Waals surface area (Å²) in [5.74, 6) is -0.0955. The molecule has 3 rings (SSSR count). The predicted octanol–water partition coefficient (Wildman–Crippen LogP) is 5.21. The van der Waals surface area contributed by atoms with Gasteiger partial charge in [0.15, 0.2) is 0 Å². The third kappa shape index (κ3) is 3.20. The topological polar surface area (TPSA) is 29.1 Å². The van der Waals surface area contributed by atoms with Crippen LogP contribution in [0.4, 0.5) is 5.69 Å². The van der Waals surface area contributed by atoms with Gasteiger partial charge in [-0.05, 0) is 46.4 Å². The number of anilines is 1. The Bertz CT molecular complexity index is 785. The molecule has 1 N–H and O–H groups in total. The summed E-state index contributed by atoms with van der Waals surface area (Å²) in [6.07, 6.45) is 0. The maximum Gasteiger partial charge on any atom is 0.255 e. The minimum Gasteiger partial charge on any atom is -0.320 e. The lowest BCUT2D eigenvalue weighted by Gasteiger charge is -2.13. The van der Waals surface area contributed by atoms with Crippen LogP contribution < -0.4 is 5.32 Å². The Kier molecular flexibility index (Phi) is 4.53. The van der Waals surface area contributed by atoms with Gasteiger partial charge in [0.2, 0.25) is 0 Å². The average molecular weight is 399 g/mol. The Balaban J connectivity index is 1.99. The second-order valence-electron chi connectivity index (χ2n) is 4.85. The van der Waals surface area contributed by atoms with E-state index >= 15 is 0 Å². The normalized spacial score (nSPS) is 10.2. The van der Waals surface area contributed by atoms with Gasteiger partial charge in [-0.25, -0.2) is 0 Å². The van der Waals surface area contributed by atoms with Crippen LogP contribution >= 0.6 is 22.6 Å². The van der Waals surface area contributed by atoms with Crippen molar-refractivity contribution < 1.29 is 4.79 Å². The summed E-state index contributed by atoms with van der Waals surface area (Å²) in [5, 5.41) is 3.05. The highest BCUT2D eigenvalue weighted by molar-refractivity contribution is 14.1. The molecule has 0 fully saturated rings. The van der Waals surface area contributed by atoms with Crippen molar-refractivity contribution >= 4 is 34.2 Å². The zero-order chi connectivity index (χ0) is 15.4. The van der Waals surface area contributed by atoms with Crippen molar-refractivity contribution in [3.05, 3.63) is 88.0 Å². The van der Waals surface area contributed by atoms with E-state index in [0.29, 0.717) is 5.56 Å². The van der Waals surface area contributed by atoms with E-state index in [1.54, 1.807) is 0 Å². The number of nitrogens with one attached hydrogen (secondary N) is 1. The highest BCUT2D eigenvalue weighted by Crippen LogP contribution is 2.32. The largest absolute Gasteiger partial charge is 0.320 e. The Hall–Kier alpha value is -2.14. The Morgan fingerprint density at radius 2 is 1.41 bits per heavy atom. The molecule has 1 amide bonds. The molecule has 0 bridgehead atoms. The summed E-state index contributed by atoms with van der Waals surface area (Å²) in [6, 6.07) is 25.3. The molecule has 0 heterocycles. The lowest BCUT2D eigenvalue weighted by Crippen LogP contribution is -2.13. The maximum absolute atomic E-state index is 12.4. The van der Waals surface area contributed by atoms with Gasteiger partial charge in [-0.15, -0.1) is 0 Å². The van der Waals surface area contributed by atoms with E-state index in [2.05, 4.69) is 27.9 Å². The van der Waals surface area contributed by atoms with Crippen LogP contribution in [0, 0.1) is 3.57 Å². The summed E-state index contributed by atoms with van der Waals surface area (Å²) >= 11 is 2.25. The lowest BCUT2D eigenvalue weighted by atomic mass is 10.0. The molecule has 0 radical (unpaired) electrons. The van der Waals surface area contributed by atoms with E-state index in [-0.39, 0.29) is 5.91 Å². The van der Waals surface area contributed by atoms with Crippen molar-refractivity contribution in [2.24, 2.45) is 0 Å². The second-order valence-corrected chi connectivity index (χ2v) is 6.01. The number of benzene rings is 3. The molecule has 0 saturated carbocycles. The molecular weight excluding hydrogens is 385 g/mol. The van der Waals surface area contributed by atoms with E-state index in [4.69, 9.17) is 0 Å². The molecule has 0 aliphatic heterocycles. The molecule has 22 heavy (non-hydrogen) atoms. The van der Waals surface area contributed by atoms with Crippen LogP contribution in [0.3, 0.4) is 0 Å². The van der Waals surface area contributed by atoms with Crippen LogP contribution in [0.1, 0.15) is 10.4 Å². The third-order valence-electron chi connectivity index (χ3n) is 3.37. The van der Waals surface area contributed by atoms with Gasteiger partial charge < -0.3 is 5.32 Å². The number of amides is 1. The fourth-order valence-electron chi connectivity index (χ4n) is 2.28. The summed E-state index contributed by atoms with van der Waals surface area (Å²) in [5.41, 5.74) is 3.62. The molecule has 0 saturated heterocycles. The first kappa shape index (κ1) is 14.8. The second kappa shape index (κ2) is 6.75. The molecular formula is C19H14INO. The van der Waals surface area contributed by atoms with Gasteiger partial charge >= 0.3 is 0 Å². The average Bonchev–Trinajstić information content (AvgIpc) is 2.58. The van der Waals surface area contributed by atoms with Crippen molar-refractivity contribution in [3.63, 3.8) is 0 Å². The van der Waals surface area contributed by atoms with E-state index < -0.39 is 0 Å². The molecule has 0 aromatic heterocycles. The molecule has 2 nitrogen and oxygen atoms in total. The van der Waals surface area contributed by atoms with E-state index in [9.17, 15) is 4.79 Å². The van der Waals surface area contributed by atoms with E-state index in [0.717, 1.165) is 20.4 Å². The minimum atomic E-state index is -0.0955. The fraction of sp³-hybridized carbons (Fsp3) is 0. The fourth-order valence-corrected chi connectivity index (χ4v) is 2.92. The predicted molar refractivity (Wildman–Crippen MR) is 99.0 cm³/mol. The smallest absolute Gasteiger partial charge is 0.255 e. The lowest BCUT2D eigenvalue weighted by molar-refractivity contribution is 0.102. The van der Waals surface area contributed by atoms with Crippen molar-refractivity contribution in [1.29, 1.82) is 0 Å². The molecule has 0 unspecified atom stereocenters. The number of hydrogen-bond donors (Lipinski definition) is 1. The first-order chi connectivity index (χ1) is 10.8. The molecule has 3 aromatic carbocycles. The zero-order valence-electron chi connectivity index (χ0n) is 11.8. The van der Waals surface area contributed by atoms with Gasteiger partial charge in [-0.2, -0.15) is 0 Å². The van der Waals surface area contributed by atoms with Gasteiger partial charge in [-0.3, -0.25) is 4.79 Å². The highest BCUT2D eigenvalue weighted by Gasteiger charge is 2.12. The quantitative estimate of drug-likeness (QED) is 0.602. The first-order valence-corrected chi connectivity index (χ1v) is 8.04. The van der Waals surface area contributed by atoms with Crippen molar-refractivity contribution in [3.8, 4) is 11.1 Å². The summed E-state index contributed by atoms with van der Waals surface area (Å²) in [6.45, 7) is 0. The van der Waals surface area contributed by atoms with Crippen molar-refractivity contribution in [2.75, 3.05) is 5.32 Å². The van der Waals surface area contributed by atoms with Gasteiger partial charge in [0.1, 0.15) is 0 Å². The Morgan fingerprint density at radius 3 is 2.09 bits per heavy atom. The van der Waals surface area contributed by atoms with Gasteiger partial charge in [0, 0.05) is 14.7 Å². The van der Waals surface area contributed by atoms with E-state index in [1.165, 1.54) is 0 Å². The number of halogens is 1. The van der Waals surface area contributed by atoms with Crippen LogP contribution in [0.2, 0.25) is 0 Å². The van der Waals surface area contributed by atoms with Crippen LogP contribution in [0.25, 0.3) is 11.1 Å². The van der Waals surface area contributed by atoms with Gasteiger partial charge in [0.05, 0.1) is 5.69 Å². The molecule has 0 aliphatic rings. The molecule has 3 aromatic rings. The number of carbonyl (C=O) groups excluding carboxylic acids is 1. The highest BCUT2D eigenvalue weighted by atomic mass is 127. The minimum absolute atomic E-state index is 0.0955. The van der Waals surface area contributed by atoms with Crippen LogP contribution in [-0.2, 0) is 0 Å². The molecule has 0 spiro atoms. The number of rotatable bonds is 3. The molecule has 3 heteroatoms. The van der Waals surface area contributed by atoms with Crippen LogP contribution in [0.5, 0.6) is 0 Å². The summed E-state index contributed by atoms with van der Waals surface area (Å²) in [7, 11) is 0. The van der Waals surface area contributed by atoms with Crippen molar-refractivity contribution in [1.82, 2.24) is 0 Å². The monoisotopic (exact) mass is 399 g/mol. The number of carbonyl (C=O) groups is 1.